The van der Waals surface area contributed by atoms with Crippen LogP contribution in [-0.2, 0) is 19.1 Å². The van der Waals surface area contributed by atoms with E-state index in [2.05, 4.69) is 24.5 Å². The van der Waals surface area contributed by atoms with E-state index in [0.717, 1.165) is 51.4 Å². The van der Waals surface area contributed by atoms with E-state index in [0.29, 0.717) is 6.42 Å². The molecule has 392 valence electrons. The van der Waals surface area contributed by atoms with Crippen molar-refractivity contribution in [1.82, 2.24) is 10.6 Å². The van der Waals surface area contributed by atoms with Crippen LogP contribution in [0.4, 0.5) is 0 Å². The van der Waals surface area contributed by atoms with Crippen molar-refractivity contribution in [3.05, 3.63) is 0 Å². The molecule has 0 saturated carbocycles. The minimum atomic E-state index is -1.61. The number of amides is 2. The summed E-state index contributed by atoms with van der Waals surface area (Å²) in [6.07, 6.45) is 39.6. The molecule has 0 aromatic rings. The lowest BCUT2D eigenvalue weighted by Gasteiger charge is -2.41. The Hall–Kier alpha value is -1.34. The summed E-state index contributed by atoms with van der Waals surface area (Å²) in [4.78, 5) is 24.6. The minimum Gasteiger partial charge on any atom is -0.390 e. The molecule has 8 unspecified atom stereocenters. The first-order valence-electron chi connectivity index (χ1n) is 28.3. The van der Waals surface area contributed by atoms with Gasteiger partial charge in [-0.3, -0.25) is 9.59 Å². The highest BCUT2D eigenvalue weighted by atomic mass is 16.7. The van der Waals surface area contributed by atoms with Crippen LogP contribution in [0, 0.1) is 0 Å². The van der Waals surface area contributed by atoms with E-state index in [1.165, 1.54) is 200 Å². The second kappa shape index (κ2) is 44.8. The zero-order valence-corrected chi connectivity index (χ0v) is 43.2. The minimum absolute atomic E-state index is 0.111. The van der Waals surface area contributed by atoms with Crippen molar-refractivity contribution in [1.29, 1.82) is 0 Å². The van der Waals surface area contributed by atoms with Crippen LogP contribution in [0.15, 0.2) is 0 Å². The van der Waals surface area contributed by atoms with Gasteiger partial charge in [-0.25, -0.2) is 0 Å². The Balaban J connectivity index is 2.36. The third kappa shape index (κ3) is 34.9. The Morgan fingerprint density at radius 2 is 0.848 bits per heavy atom. The Morgan fingerprint density at radius 3 is 1.21 bits per heavy atom. The van der Waals surface area contributed by atoms with Crippen LogP contribution in [-0.4, -0.2) is 99.5 Å². The van der Waals surface area contributed by atoms with E-state index in [9.17, 15) is 35.1 Å². The van der Waals surface area contributed by atoms with Crippen LogP contribution in [0.25, 0.3) is 0 Å². The molecule has 0 bridgehead atoms. The number of carbonyl (C=O) groups excluding carboxylic acids is 2. The van der Waals surface area contributed by atoms with Crippen LogP contribution >= 0.6 is 0 Å². The van der Waals surface area contributed by atoms with E-state index in [1.807, 2.05) is 0 Å². The van der Waals surface area contributed by atoms with Gasteiger partial charge in [0.05, 0.1) is 18.8 Å². The Bertz CT molecular complexity index is 1090. The molecular weight excluding hydrogens is 833 g/mol. The maximum absolute atomic E-state index is 13.2. The van der Waals surface area contributed by atoms with Gasteiger partial charge in [-0.15, -0.1) is 0 Å². The van der Waals surface area contributed by atoms with Crippen LogP contribution in [0.1, 0.15) is 278 Å². The van der Waals surface area contributed by atoms with Gasteiger partial charge in [0.25, 0.3) is 0 Å². The highest BCUT2D eigenvalue weighted by molar-refractivity contribution is 5.76. The average molecular weight is 941 g/mol. The summed E-state index contributed by atoms with van der Waals surface area (Å²) in [5.74, 6) is -0.604. The predicted octanol–water partition coefficient (Wildman–Crippen LogP) is 11.8. The largest absolute Gasteiger partial charge is 0.390 e. The SMILES string of the molecule is CCCCCCCCCCCCCCCCCCCCCCCCC(=O)NC(COC1OC(CNC(C)=O)C(O)C(O)C1O)C(O)C(O)CCCCCCCCCCCCCCCCCC. The molecule has 7 N–H and O–H groups in total. The first-order valence-corrected chi connectivity index (χ1v) is 28.3. The van der Waals surface area contributed by atoms with E-state index >= 15 is 0 Å². The molecule has 1 heterocycles. The topological polar surface area (TPSA) is 178 Å². The van der Waals surface area contributed by atoms with Gasteiger partial charge in [-0.2, -0.15) is 0 Å². The maximum Gasteiger partial charge on any atom is 0.220 e. The van der Waals surface area contributed by atoms with Crippen molar-refractivity contribution < 1.29 is 44.6 Å². The summed E-state index contributed by atoms with van der Waals surface area (Å²) in [6.45, 7) is 5.44. The first-order chi connectivity index (χ1) is 32.1. The van der Waals surface area contributed by atoms with E-state index in [4.69, 9.17) is 9.47 Å². The standard InChI is InChI=1S/C55H108N2O9/c1-4-6-8-10-12-14-16-18-20-22-23-24-25-26-27-29-31-33-35-37-39-41-43-50(60)57-47(45-65-55-54(64)53(63)52(62)49(66-55)44-56-46(3)58)51(61)48(59)42-40-38-36-34-32-30-28-21-19-17-15-13-11-9-7-5-2/h47-49,51-55,59,61-64H,4-45H2,1-3H3,(H,56,58)(H,57,60). The van der Waals surface area contributed by atoms with Crippen LogP contribution in [0.3, 0.4) is 0 Å². The molecular formula is C55H108N2O9. The fraction of sp³-hybridized carbons (Fsp3) is 0.964. The number of nitrogens with one attached hydrogen (secondary N) is 2. The predicted molar refractivity (Wildman–Crippen MR) is 271 cm³/mol. The van der Waals surface area contributed by atoms with Gasteiger partial charge >= 0.3 is 0 Å². The summed E-state index contributed by atoms with van der Waals surface area (Å²) in [7, 11) is 0. The number of aliphatic hydroxyl groups is 5. The fourth-order valence-electron chi connectivity index (χ4n) is 9.41. The van der Waals surface area contributed by atoms with Crippen molar-refractivity contribution in [3.63, 3.8) is 0 Å². The Kier molecular flexibility index (Phi) is 42.6. The van der Waals surface area contributed by atoms with Crippen LogP contribution in [0.5, 0.6) is 0 Å². The highest BCUT2D eigenvalue weighted by Crippen LogP contribution is 2.24. The Morgan fingerprint density at radius 1 is 0.500 bits per heavy atom. The number of ether oxygens (including phenoxy) is 2. The molecule has 0 aliphatic carbocycles. The number of carbonyl (C=O) groups is 2. The monoisotopic (exact) mass is 941 g/mol. The molecule has 2 amide bonds. The molecule has 11 heteroatoms. The third-order valence-corrected chi connectivity index (χ3v) is 13.9. The van der Waals surface area contributed by atoms with Crippen molar-refractivity contribution in [2.75, 3.05) is 13.2 Å². The number of hydrogen-bond acceptors (Lipinski definition) is 9. The summed E-state index contributed by atoms with van der Waals surface area (Å²) in [6, 6.07) is -0.998. The fourth-order valence-corrected chi connectivity index (χ4v) is 9.41. The smallest absolute Gasteiger partial charge is 0.220 e. The number of aliphatic hydroxyl groups excluding tert-OH is 5. The lowest BCUT2D eigenvalue weighted by molar-refractivity contribution is -0.297. The Labute approximate surface area is 405 Å². The second-order valence-corrected chi connectivity index (χ2v) is 20.3. The summed E-state index contributed by atoms with van der Waals surface area (Å²) in [5.41, 5.74) is 0. The summed E-state index contributed by atoms with van der Waals surface area (Å²) >= 11 is 0. The molecule has 8 atom stereocenters. The van der Waals surface area contributed by atoms with Gasteiger partial charge in [-0.05, 0) is 12.8 Å². The third-order valence-electron chi connectivity index (χ3n) is 13.9. The van der Waals surface area contributed by atoms with E-state index in [-0.39, 0.29) is 31.4 Å². The summed E-state index contributed by atoms with van der Waals surface area (Å²) in [5, 5.41) is 59.3. The van der Waals surface area contributed by atoms with Crippen LogP contribution < -0.4 is 10.6 Å². The highest BCUT2D eigenvalue weighted by Gasteiger charge is 2.45. The number of rotatable bonds is 48. The molecule has 1 saturated heterocycles. The lowest BCUT2D eigenvalue weighted by atomic mass is 9.98. The normalized spacial score (nSPS) is 20.0. The van der Waals surface area contributed by atoms with Gasteiger partial charge in [0, 0.05) is 19.9 Å². The van der Waals surface area contributed by atoms with Gasteiger partial charge < -0.3 is 45.6 Å². The van der Waals surface area contributed by atoms with Crippen molar-refractivity contribution in [2.45, 2.75) is 327 Å². The van der Waals surface area contributed by atoms with Crippen LogP contribution in [0.2, 0.25) is 0 Å². The molecule has 1 rings (SSSR count). The average Bonchev–Trinajstić information content (AvgIpc) is 3.30. The lowest BCUT2D eigenvalue weighted by Crippen LogP contribution is -2.61. The molecule has 1 aliphatic heterocycles. The maximum atomic E-state index is 13.2. The van der Waals surface area contributed by atoms with Crippen molar-refractivity contribution >= 4 is 11.8 Å². The molecule has 66 heavy (non-hydrogen) atoms. The number of hydrogen-bond donors (Lipinski definition) is 7. The van der Waals surface area contributed by atoms with Gasteiger partial charge in [0.15, 0.2) is 6.29 Å². The van der Waals surface area contributed by atoms with Gasteiger partial charge in [-0.1, -0.05) is 251 Å². The van der Waals surface area contributed by atoms with Gasteiger partial charge in [0.1, 0.15) is 30.5 Å². The zero-order chi connectivity index (χ0) is 48.3. The van der Waals surface area contributed by atoms with Crippen molar-refractivity contribution in [2.24, 2.45) is 0 Å². The molecule has 11 nitrogen and oxygen atoms in total. The van der Waals surface area contributed by atoms with E-state index in [1.54, 1.807) is 0 Å². The quantitative estimate of drug-likeness (QED) is 0.0293. The first kappa shape index (κ1) is 62.7. The molecule has 1 aliphatic rings. The van der Waals surface area contributed by atoms with Crippen molar-refractivity contribution in [3.8, 4) is 0 Å². The molecule has 1 fully saturated rings. The van der Waals surface area contributed by atoms with E-state index < -0.39 is 49.0 Å². The molecule has 0 aromatic carbocycles. The van der Waals surface area contributed by atoms with Gasteiger partial charge in [0.2, 0.25) is 11.8 Å². The molecule has 0 radical (unpaired) electrons. The summed E-state index contributed by atoms with van der Waals surface area (Å²) < 4.78 is 11.5. The molecule has 0 aromatic heterocycles. The molecule has 0 spiro atoms. The number of unbranched alkanes of at least 4 members (excludes halogenated alkanes) is 36. The zero-order valence-electron chi connectivity index (χ0n) is 43.2. The second-order valence-electron chi connectivity index (χ2n) is 20.3.